The Morgan fingerprint density at radius 1 is 1.47 bits per heavy atom. The zero-order valence-electron chi connectivity index (χ0n) is 9.81. The summed E-state index contributed by atoms with van der Waals surface area (Å²) in [7, 11) is 0. The van der Waals surface area contributed by atoms with Gasteiger partial charge in [-0.25, -0.2) is 0 Å². The Morgan fingerprint density at radius 3 is 2.88 bits per heavy atom. The number of nitrogens with zero attached hydrogens (tertiary/aromatic N) is 3. The molecular formula is C10H16N4O2S. The fourth-order valence-electron chi connectivity index (χ4n) is 1.62. The van der Waals surface area contributed by atoms with Gasteiger partial charge < -0.3 is 15.0 Å². The van der Waals surface area contributed by atoms with Gasteiger partial charge in [-0.1, -0.05) is 11.3 Å². The van der Waals surface area contributed by atoms with E-state index < -0.39 is 0 Å². The summed E-state index contributed by atoms with van der Waals surface area (Å²) in [5, 5.41) is 12.6. The predicted octanol–water partition coefficient (Wildman–Crippen LogP) is 0.507. The molecule has 0 aromatic carbocycles. The van der Waals surface area contributed by atoms with Crippen LogP contribution in [0.25, 0.3) is 0 Å². The smallest absolute Gasteiger partial charge is 0.224 e. The highest BCUT2D eigenvalue weighted by molar-refractivity contribution is 7.15. The monoisotopic (exact) mass is 256 g/mol. The molecule has 1 N–H and O–H groups in total. The number of hydrogen-bond acceptors (Lipinski definition) is 6. The molecule has 17 heavy (non-hydrogen) atoms. The first-order valence-corrected chi connectivity index (χ1v) is 6.47. The van der Waals surface area contributed by atoms with E-state index in [4.69, 9.17) is 4.74 Å². The van der Waals surface area contributed by atoms with Gasteiger partial charge in [0.05, 0.1) is 13.2 Å². The van der Waals surface area contributed by atoms with Crippen LogP contribution >= 0.6 is 11.3 Å². The van der Waals surface area contributed by atoms with Crippen molar-refractivity contribution in [3.05, 3.63) is 5.01 Å². The lowest BCUT2D eigenvalue weighted by Crippen LogP contribution is -2.41. The molecular weight excluding hydrogens is 240 g/mol. The molecule has 0 unspecified atom stereocenters. The molecule has 1 aromatic rings. The van der Waals surface area contributed by atoms with Crippen LogP contribution in [-0.2, 0) is 9.53 Å². The number of aryl methyl sites for hydroxylation is 1. The maximum absolute atomic E-state index is 11.8. The minimum Gasteiger partial charge on any atom is -0.378 e. The van der Waals surface area contributed by atoms with Crippen LogP contribution in [0, 0.1) is 6.92 Å². The van der Waals surface area contributed by atoms with E-state index in [1.807, 2.05) is 11.8 Å². The molecule has 7 heteroatoms. The third-order valence-electron chi connectivity index (χ3n) is 2.50. The molecule has 0 radical (unpaired) electrons. The molecule has 0 aliphatic carbocycles. The highest BCUT2D eigenvalue weighted by Gasteiger charge is 2.16. The minimum absolute atomic E-state index is 0.169. The second-order valence-corrected chi connectivity index (χ2v) is 4.98. The van der Waals surface area contributed by atoms with E-state index in [1.165, 1.54) is 11.3 Å². The van der Waals surface area contributed by atoms with Gasteiger partial charge in [-0.15, -0.1) is 10.2 Å². The van der Waals surface area contributed by atoms with Crippen LogP contribution in [0.15, 0.2) is 0 Å². The van der Waals surface area contributed by atoms with Crippen LogP contribution in [-0.4, -0.2) is 53.9 Å². The Bertz CT molecular complexity index is 376. The zero-order chi connectivity index (χ0) is 12.1. The zero-order valence-corrected chi connectivity index (χ0v) is 10.6. The number of carbonyl (C=O) groups excluding carboxylic acids is 1. The average molecular weight is 256 g/mol. The molecule has 1 aromatic heterocycles. The van der Waals surface area contributed by atoms with Gasteiger partial charge in [-0.2, -0.15) is 0 Å². The van der Waals surface area contributed by atoms with Gasteiger partial charge in [0.2, 0.25) is 11.0 Å². The summed E-state index contributed by atoms with van der Waals surface area (Å²) in [4.78, 5) is 13.6. The van der Waals surface area contributed by atoms with Crippen molar-refractivity contribution < 1.29 is 9.53 Å². The van der Waals surface area contributed by atoms with Crippen molar-refractivity contribution in [1.29, 1.82) is 0 Å². The predicted molar refractivity (Wildman–Crippen MR) is 65.2 cm³/mol. The fourth-order valence-corrected chi connectivity index (χ4v) is 2.23. The van der Waals surface area contributed by atoms with E-state index in [0.29, 0.717) is 39.3 Å². The largest absolute Gasteiger partial charge is 0.378 e. The van der Waals surface area contributed by atoms with E-state index in [-0.39, 0.29) is 5.91 Å². The molecule has 1 amide bonds. The standard InChI is InChI=1S/C10H16N4O2S/c1-8-12-13-10(17-8)11-3-2-9(15)14-4-6-16-7-5-14/h2-7H2,1H3,(H,11,13). The minimum atomic E-state index is 0.169. The number of rotatable bonds is 4. The third kappa shape index (κ3) is 3.64. The van der Waals surface area contributed by atoms with E-state index >= 15 is 0 Å². The highest BCUT2D eigenvalue weighted by Crippen LogP contribution is 2.13. The number of ether oxygens (including phenoxy) is 1. The first-order valence-electron chi connectivity index (χ1n) is 5.65. The van der Waals surface area contributed by atoms with Crippen molar-refractivity contribution in [3.8, 4) is 0 Å². The number of morpholine rings is 1. The van der Waals surface area contributed by atoms with Crippen LogP contribution in [0.2, 0.25) is 0 Å². The molecule has 1 saturated heterocycles. The molecule has 2 rings (SSSR count). The number of hydrogen-bond donors (Lipinski definition) is 1. The van der Waals surface area contributed by atoms with Gasteiger partial charge in [-0.3, -0.25) is 4.79 Å². The lowest BCUT2D eigenvalue weighted by molar-refractivity contribution is -0.134. The van der Waals surface area contributed by atoms with Crippen molar-refractivity contribution in [2.75, 3.05) is 38.2 Å². The number of nitrogens with one attached hydrogen (secondary N) is 1. The van der Waals surface area contributed by atoms with Gasteiger partial charge in [-0.05, 0) is 6.92 Å². The van der Waals surface area contributed by atoms with Gasteiger partial charge in [0.25, 0.3) is 0 Å². The number of anilines is 1. The molecule has 0 spiro atoms. The molecule has 0 saturated carbocycles. The van der Waals surface area contributed by atoms with Crippen molar-refractivity contribution >= 4 is 22.4 Å². The SMILES string of the molecule is Cc1nnc(NCCC(=O)N2CCOCC2)s1. The summed E-state index contributed by atoms with van der Waals surface area (Å²) < 4.78 is 5.20. The van der Waals surface area contributed by atoms with Gasteiger partial charge in [0.15, 0.2) is 0 Å². The van der Waals surface area contributed by atoms with E-state index in [0.717, 1.165) is 10.1 Å². The van der Waals surface area contributed by atoms with Crippen LogP contribution in [0.1, 0.15) is 11.4 Å². The maximum Gasteiger partial charge on any atom is 0.224 e. The lowest BCUT2D eigenvalue weighted by Gasteiger charge is -2.26. The normalized spacial score (nSPS) is 15.9. The topological polar surface area (TPSA) is 67.4 Å². The fraction of sp³-hybridized carbons (Fsp3) is 0.700. The van der Waals surface area contributed by atoms with Crippen molar-refractivity contribution in [3.63, 3.8) is 0 Å². The van der Waals surface area contributed by atoms with E-state index in [1.54, 1.807) is 0 Å². The second kappa shape index (κ2) is 5.92. The van der Waals surface area contributed by atoms with Gasteiger partial charge >= 0.3 is 0 Å². The summed E-state index contributed by atoms with van der Waals surface area (Å²) >= 11 is 1.50. The van der Waals surface area contributed by atoms with E-state index in [9.17, 15) is 4.79 Å². The Balaban J connectivity index is 1.69. The summed E-state index contributed by atoms with van der Waals surface area (Å²) in [6, 6.07) is 0. The molecule has 0 bridgehead atoms. The van der Waals surface area contributed by atoms with Crippen LogP contribution in [0.5, 0.6) is 0 Å². The second-order valence-electron chi connectivity index (χ2n) is 3.80. The molecule has 1 aliphatic rings. The van der Waals surface area contributed by atoms with E-state index in [2.05, 4.69) is 15.5 Å². The maximum atomic E-state index is 11.8. The summed E-state index contributed by atoms with van der Waals surface area (Å²) in [6.07, 6.45) is 0.485. The lowest BCUT2D eigenvalue weighted by atomic mass is 10.3. The molecule has 94 valence electrons. The summed E-state index contributed by atoms with van der Waals surface area (Å²) in [6.45, 7) is 5.21. The first-order chi connectivity index (χ1) is 8.25. The summed E-state index contributed by atoms with van der Waals surface area (Å²) in [5.41, 5.74) is 0. The molecule has 1 fully saturated rings. The number of aromatic nitrogens is 2. The highest BCUT2D eigenvalue weighted by atomic mass is 32.1. The molecule has 0 atom stereocenters. The average Bonchev–Trinajstić information content (AvgIpc) is 2.76. The van der Waals surface area contributed by atoms with Crippen LogP contribution in [0.4, 0.5) is 5.13 Å². The number of amides is 1. The van der Waals surface area contributed by atoms with Crippen LogP contribution in [0.3, 0.4) is 0 Å². The summed E-state index contributed by atoms with van der Waals surface area (Å²) in [5.74, 6) is 0.169. The third-order valence-corrected chi connectivity index (χ3v) is 3.30. The molecule has 1 aliphatic heterocycles. The Labute approximate surface area is 104 Å². The van der Waals surface area contributed by atoms with Crippen molar-refractivity contribution in [2.45, 2.75) is 13.3 Å². The first kappa shape index (κ1) is 12.3. The van der Waals surface area contributed by atoms with Crippen molar-refractivity contribution in [2.24, 2.45) is 0 Å². The Kier molecular flexibility index (Phi) is 4.27. The van der Waals surface area contributed by atoms with Crippen LogP contribution < -0.4 is 5.32 Å². The van der Waals surface area contributed by atoms with Gasteiger partial charge in [0.1, 0.15) is 5.01 Å². The molecule has 2 heterocycles. The van der Waals surface area contributed by atoms with Gasteiger partial charge in [0, 0.05) is 26.1 Å². The van der Waals surface area contributed by atoms with Crippen molar-refractivity contribution in [1.82, 2.24) is 15.1 Å². The Hall–Kier alpha value is -1.21. The number of carbonyl (C=O) groups is 1. The Morgan fingerprint density at radius 2 is 2.24 bits per heavy atom. The molecule has 6 nitrogen and oxygen atoms in total. The quantitative estimate of drug-likeness (QED) is 0.850.